The first-order valence-corrected chi connectivity index (χ1v) is 5.35. The van der Waals surface area contributed by atoms with Crippen molar-refractivity contribution in [3.8, 4) is 12.3 Å². The molecular formula is C13H10S. The molecule has 0 atom stereocenters. The van der Waals surface area contributed by atoms with Crippen molar-refractivity contribution >= 4 is 11.3 Å². The van der Waals surface area contributed by atoms with Gasteiger partial charge in [0.1, 0.15) is 0 Å². The minimum absolute atomic E-state index is 0.942. The maximum Gasteiger partial charge on any atom is 0.0385 e. The van der Waals surface area contributed by atoms with Crippen molar-refractivity contribution in [1.82, 2.24) is 0 Å². The molecule has 0 bridgehead atoms. The fraction of sp³-hybridized carbons (Fsp3) is 0.0769. The summed E-state index contributed by atoms with van der Waals surface area (Å²) in [5.41, 5.74) is 2.34. The van der Waals surface area contributed by atoms with E-state index in [9.17, 15) is 0 Å². The zero-order chi connectivity index (χ0) is 9.80. The molecular weight excluding hydrogens is 188 g/mol. The van der Waals surface area contributed by atoms with E-state index >= 15 is 0 Å². The van der Waals surface area contributed by atoms with E-state index in [1.807, 2.05) is 17.5 Å². The summed E-state index contributed by atoms with van der Waals surface area (Å²) in [6.07, 6.45) is 6.35. The Bertz CT molecular complexity index is 446. The number of thiophene rings is 1. The number of hydrogen-bond acceptors (Lipinski definition) is 1. The maximum absolute atomic E-state index is 5.41. The molecule has 1 aromatic heterocycles. The highest BCUT2D eigenvalue weighted by atomic mass is 32.1. The Morgan fingerprint density at radius 1 is 1.14 bits per heavy atom. The van der Waals surface area contributed by atoms with Crippen LogP contribution in [0.25, 0.3) is 0 Å². The minimum atomic E-state index is 0.942. The van der Waals surface area contributed by atoms with E-state index in [1.165, 1.54) is 10.4 Å². The van der Waals surface area contributed by atoms with Crippen LogP contribution in [0.2, 0.25) is 0 Å². The second-order valence-electron chi connectivity index (χ2n) is 3.06. The van der Waals surface area contributed by atoms with Crippen LogP contribution >= 0.6 is 11.3 Å². The van der Waals surface area contributed by atoms with Crippen molar-refractivity contribution < 1.29 is 0 Å². The Morgan fingerprint density at radius 3 is 2.64 bits per heavy atom. The monoisotopic (exact) mass is 198 g/mol. The quantitative estimate of drug-likeness (QED) is 0.649. The van der Waals surface area contributed by atoms with Gasteiger partial charge in [-0.2, -0.15) is 0 Å². The second-order valence-corrected chi connectivity index (χ2v) is 4.06. The molecule has 0 aliphatic carbocycles. The molecule has 2 aromatic rings. The largest absolute Gasteiger partial charge is 0.147 e. The third-order valence-corrected chi connectivity index (χ3v) is 3.03. The lowest BCUT2D eigenvalue weighted by Gasteiger charge is -1.98. The third kappa shape index (κ3) is 1.86. The Labute approximate surface area is 88.2 Å². The van der Waals surface area contributed by atoms with E-state index in [2.05, 4.69) is 30.2 Å². The normalized spacial score (nSPS) is 9.64. The molecule has 1 aromatic carbocycles. The van der Waals surface area contributed by atoms with Gasteiger partial charge in [0.15, 0.2) is 0 Å². The van der Waals surface area contributed by atoms with Crippen LogP contribution in [-0.4, -0.2) is 0 Å². The van der Waals surface area contributed by atoms with Gasteiger partial charge in [-0.25, -0.2) is 0 Å². The Hall–Kier alpha value is -1.52. The first-order chi connectivity index (χ1) is 6.90. The zero-order valence-corrected chi connectivity index (χ0v) is 8.55. The fourth-order valence-corrected chi connectivity index (χ4v) is 2.26. The van der Waals surface area contributed by atoms with E-state index in [0.717, 1.165) is 12.0 Å². The maximum atomic E-state index is 5.41. The van der Waals surface area contributed by atoms with E-state index in [1.54, 1.807) is 11.3 Å². The molecule has 0 saturated heterocycles. The SMILES string of the molecule is C#Cc1ccsc1Cc1ccccc1. The van der Waals surface area contributed by atoms with Crippen LogP contribution in [0.1, 0.15) is 16.0 Å². The van der Waals surface area contributed by atoms with Gasteiger partial charge >= 0.3 is 0 Å². The molecule has 0 amide bonds. The summed E-state index contributed by atoms with van der Waals surface area (Å²) in [6.45, 7) is 0. The number of hydrogen-bond donors (Lipinski definition) is 0. The summed E-state index contributed by atoms with van der Waals surface area (Å²) in [5, 5.41) is 2.05. The van der Waals surface area contributed by atoms with Crippen LogP contribution in [0, 0.1) is 12.3 Å². The van der Waals surface area contributed by atoms with Crippen molar-refractivity contribution in [2.75, 3.05) is 0 Å². The molecule has 2 rings (SSSR count). The number of benzene rings is 1. The molecule has 68 valence electrons. The van der Waals surface area contributed by atoms with Gasteiger partial charge in [-0.05, 0) is 17.0 Å². The summed E-state index contributed by atoms with van der Waals surface area (Å²) >= 11 is 1.73. The van der Waals surface area contributed by atoms with Gasteiger partial charge < -0.3 is 0 Å². The predicted octanol–water partition coefficient (Wildman–Crippen LogP) is 3.32. The highest BCUT2D eigenvalue weighted by Gasteiger charge is 2.02. The lowest BCUT2D eigenvalue weighted by molar-refractivity contribution is 1.23. The molecule has 0 aliphatic rings. The van der Waals surface area contributed by atoms with Gasteiger partial charge in [-0.15, -0.1) is 17.8 Å². The van der Waals surface area contributed by atoms with Gasteiger partial charge in [-0.3, -0.25) is 0 Å². The van der Waals surface area contributed by atoms with E-state index in [-0.39, 0.29) is 0 Å². The molecule has 0 aliphatic heterocycles. The standard InChI is InChI=1S/C13H10S/c1-2-12-8-9-14-13(12)10-11-6-4-3-5-7-11/h1,3-9H,10H2. The molecule has 0 spiro atoms. The molecule has 0 N–H and O–H groups in total. The van der Waals surface area contributed by atoms with Gasteiger partial charge in [0, 0.05) is 16.9 Å². The van der Waals surface area contributed by atoms with Gasteiger partial charge in [0.05, 0.1) is 0 Å². The summed E-state index contributed by atoms with van der Waals surface area (Å²) in [5.74, 6) is 2.71. The smallest absolute Gasteiger partial charge is 0.0385 e. The summed E-state index contributed by atoms with van der Waals surface area (Å²) in [4.78, 5) is 1.28. The van der Waals surface area contributed by atoms with Crippen LogP contribution in [-0.2, 0) is 6.42 Å². The molecule has 14 heavy (non-hydrogen) atoms. The fourth-order valence-electron chi connectivity index (χ4n) is 1.39. The summed E-state index contributed by atoms with van der Waals surface area (Å²) in [7, 11) is 0. The van der Waals surface area contributed by atoms with Crippen LogP contribution in [0.3, 0.4) is 0 Å². The number of rotatable bonds is 2. The topological polar surface area (TPSA) is 0 Å². The van der Waals surface area contributed by atoms with Gasteiger partial charge in [0.25, 0.3) is 0 Å². The van der Waals surface area contributed by atoms with Crippen molar-refractivity contribution in [2.24, 2.45) is 0 Å². The van der Waals surface area contributed by atoms with Crippen LogP contribution < -0.4 is 0 Å². The average molecular weight is 198 g/mol. The lowest BCUT2D eigenvalue weighted by Crippen LogP contribution is -1.86. The van der Waals surface area contributed by atoms with E-state index in [0.29, 0.717) is 0 Å². The van der Waals surface area contributed by atoms with E-state index in [4.69, 9.17) is 6.42 Å². The highest BCUT2D eigenvalue weighted by Crippen LogP contribution is 2.19. The lowest BCUT2D eigenvalue weighted by atomic mass is 10.1. The van der Waals surface area contributed by atoms with Crippen LogP contribution in [0.5, 0.6) is 0 Å². The van der Waals surface area contributed by atoms with Crippen molar-refractivity contribution in [2.45, 2.75) is 6.42 Å². The summed E-state index contributed by atoms with van der Waals surface area (Å²) in [6, 6.07) is 12.4. The molecule has 0 unspecified atom stereocenters. The molecule has 0 nitrogen and oxygen atoms in total. The molecule has 1 heteroatoms. The summed E-state index contributed by atoms with van der Waals surface area (Å²) < 4.78 is 0. The first-order valence-electron chi connectivity index (χ1n) is 4.47. The van der Waals surface area contributed by atoms with Crippen LogP contribution in [0.15, 0.2) is 41.8 Å². The van der Waals surface area contributed by atoms with Crippen molar-refractivity contribution in [3.63, 3.8) is 0 Å². The molecule has 0 radical (unpaired) electrons. The van der Waals surface area contributed by atoms with E-state index < -0.39 is 0 Å². The number of terminal acetylenes is 1. The minimum Gasteiger partial charge on any atom is -0.147 e. The molecule has 0 fully saturated rings. The predicted molar refractivity (Wildman–Crippen MR) is 61.5 cm³/mol. The molecule has 1 heterocycles. The second kappa shape index (κ2) is 4.13. The third-order valence-electron chi connectivity index (χ3n) is 2.11. The van der Waals surface area contributed by atoms with Gasteiger partial charge in [-0.1, -0.05) is 36.3 Å². The van der Waals surface area contributed by atoms with Crippen molar-refractivity contribution in [3.05, 3.63) is 57.8 Å². The Morgan fingerprint density at radius 2 is 1.93 bits per heavy atom. The van der Waals surface area contributed by atoms with Gasteiger partial charge in [0.2, 0.25) is 0 Å². The van der Waals surface area contributed by atoms with Crippen molar-refractivity contribution in [1.29, 1.82) is 0 Å². The zero-order valence-electron chi connectivity index (χ0n) is 7.73. The Balaban J connectivity index is 2.24. The van der Waals surface area contributed by atoms with Crippen LogP contribution in [0.4, 0.5) is 0 Å². The highest BCUT2D eigenvalue weighted by molar-refractivity contribution is 7.10. The Kier molecular flexibility index (Phi) is 2.67. The average Bonchev–Trinajstić information content (AvgIpc) is 2.67. The molecule has 0 saturated carbocycles. The first kappa shape index (κ1) is 9.05.